The van der Waals surface area contributed by atoms with Crippen LogP contribution in [0.15, 0.2) is 97.2 Å². The molecule has 0 aliphatic carbocycles. The van der Waals surface area contributed by atoms with Gasteiger partial charge in [-0.05, 0) is 77.0 Å². The Morgan fingerprint density at radius 2 is 0.759 bits per heavy atom. The topological polar surface area (TPSA) is 78.9 Å². The van der Waals surface area contributed by atoms with Gasteiger partial charge >= 0.3 is 17.9 Å². The van der Waals surface area contributed by atoms with E-state index in [4.69, 9.17) is 14.2 Å². The normalized spacial score (nSPS) is 12.9. The number of rotatable bonds is 40. The standard InChI is InChI=1S/C52H84O6/c1-4-7-10-13-16-19-22-24-25-26-28-30-33-36-39-42-45-51(54)57-48-49(47-56-50(53)44-41-38-35-32-29-21-18-15-12-9-6-3)58-52(55)46-43-40-37-34-31-27-23-20-17-14-11-8-5-2/h7-8,10-11,14,16-17,19-20,23-25,27-28,30-31,49H,4-6,9,12-13,15,18,21-22,26,29,32-48H2,1-3H3/b10-7-,11-8-,17-14-,19-16-,23-20-,25-24-,30-28-,31-27-. The predicted molar refractivity (Wildman–Crippen MR) is 247 cm³/mol. The highest BCUT2D eigenvalue weighted by atomic mass is 16.6. The summed E-state index contributed by atoms with van der Waals surface area (Å²) < 4.78 is 16.7. The molecule has 0 saturated heterocycles. The second-order valence-corrected chi connectivity index (χ2v) is 15.0. The fraction of sp³-hybridized carbons (Fsp3) is 0.635. The van der Waals surface area contributed by atoms with Crippen LogP contribution < -0.4 is 0 Å². The van der Waals surface area contributed by atoms with E-state index in [1.165, 1.54) is 51.4 Å². The van der Waals surface area contributed by atoms with Crippen LogP contribution in [0.5, 0.6) is 0 Å². The molecule has 328 valence electrons. The number of esters is 3. The largest absolute Gasteiger partial charge is 0.462 e. The van der Waals surface area contributed by atoms with Gasteiger partial charge in [0.25, 0.3) is 0 Å². The highest BCUT2D eigenvalue weighted by Gasteiger charge is 2.19. The van der Waals surface area contributed by atoms with Gasteiger partial charge in [0.15, 0.2) is 6.10 Å². The summed E-state index contributed by atoms with van der Waals surface area (Å²) >= 11 is 0. The summed E-state index contributed by atoms with van der Waals surface area (Å²) in [5, 5.41) is 0. The van der Waals surface area contributed by atoms with E-state index in [1.807, 2.05) is 36.5 Å². The van der Waals surface area contributed by atoms with Gasteiger partial charge in [-0.1, -0.05) is 195 Å². The molecule has 1 atom stereocenters. The molecule has 6 heteroatoms. The Labute approximate surface area is 356 Å². The summed E-state index contributed by atoms with van der Waals surface area (Å²) in [4.78, 5) is 37.8. The quantitative estimate of drug-likeness (QED) is 0.0202. The van der Waals surface area contributed by atoms with Crippen molar-refractivity contribution in [2.24, 2.45) is 0 Å². The molecule has 0 heterocycles. The molecule has 0 spiro atoms. The first kappa shape index (κ1) is 54.3. The number of ether oxygens (including phenoxy) is 3. The van der Waals surface area contributed by atoms with Crippen LogP contribution in [0.3, 0.4) is 0 Å². The molecule has 0 fully saturated rings. The third-order valence-electron chi connectivity index (χ3n) is 9.43. The van der Waals surface area contributed by atoms with Gasteiger partial charge < -0.3 is 14.2 Å². The Bertz CT molecular complexity index is 1200. The van der Waals surface area contributed by atoms with Gasteiger partial charge in [0, 0.05) is 19.3 Å². The molecule has 6 nitrogen and oxygen atoms in total. The summed E-state index contributed by atoms with van der Waals surface area (Å²) in [6.07, 6.45) is 59.6. The zero-order valence-corrected chi connectivity index (χ0v) is 37.3. The SMILES string of the molecule is CC\C=C/C=C\C=C/C=C\CCCCCC(=O)OC(COC(=O)CCCCC/C=C\C/C=C\C/C=C\C/C=C\CC)COC(=O)CCCCCCCCCCCCC. The lowest BCUT2D eigenvalue weighted by atomic mass is 10.1. The molecule has 0 bridgehead atoms. The summed E-state index contributed by atoms with van der Waals surface area (Å²) in [5.74, 6) is -0.985. The highest BCUT2D eigenvalue weighted by molar-refractivity contribution is 5.71. The minimum Gasteiger partial charge on any atom is -0.462 e. The fourth-order valence-corrected chi connectivity index (χ4v) is 5.97. The molecular formula is C52H84O6. The van der Waals surface area contributed by atoms with Gasteiger partial charge in [-0.3, -0.25) is 14.4 Å². The first-order chi connectivity index (χ1) is 28.5. The Kier molecular flexibility index (Phi) is 43.1. The van der Waals surface area contributed by atoms with E-state index in [0.29, 0.717) is 19.3 Å². The monoisotopic (exact) mass is 805 g/mol. The van der Waals surface area contributed by atoms with E-state index in [2.05, 4.69) is 81.5 Å². The number of carbonyl (C=O) groups is 3. The minimum absolute atomic E-state index is 0.104. The molecule has 0 aromatic carbocycles. The van der Waals surface area contributed by atoms with E-state index >= 15 is 0 Å². The molecule has 58 heavy (non-hydrogen) atoms. The van der Waals surface area contributed by atoms with Crippen molar-refractivity contribution in [3.63, 3.8) is 0 Å². The van der Waals surface area contributed by atoms with Crippen molar-refractivity contribution in [1.29, 1.82) is 0 Å². The summed E-state index contributed by atoms with van der Waals surface area (Å²) in [7, 11) is 0. The van der Waals surface area contributed by atoms with Crippen LogP contribution in [-0.4, -0.2) is 37.2 Å². The fourth-order valence-electron chi connectivity index (χ4n) is 5.97. The first-order valence-corrected chi connectivity index (χ1v) is 23.3. The van der Waals surface area contributed by atoms with Crippen molar-refractivity contribution in [1.82, 2.24) is 0 Å². The molecule has 0 amide bonds. The average Bonchev–Trinajstić information content (AvgIpc) is 3.22. The molecule has 0 rings (SSSR count). The van der Waals surface area contributed by atoms with Crippen LogP contribution in [-0.2, 0) is 28.6 Å². The van der Waals surface area contributed by atoms with Crippen LogP contribution in [0.2, 0.25) is 0 Å². The zero-order valence-electron chi connectivity index (χ0n) is 37.3. The number of hydrogen-bond donors (Lipinski definition) is 0. The Morgan fingerprint density at radius 1 is 0.379 bits per heavy atom. The van der Waals surface area contributed by atoms with Gasteiger partial charge in [-0.25, -0.2) is 0 Å². The lowest BCUT2D eigenvalue weighted by Gasteiger charge is -2.18. The summed E-state index contributed by atoms with van der Waals surface area (Å²) in [6, 6.07) is 0. The van der Waals surface area contributed by atoms with Crippen molar-refractivity contribution in [2.75, 3.05) is 13.2 Å². The number of hydrogen-bond acceptors (Lipinski definition) is 6. The maximum absolute atomic E-state index is 12.7. The molecular weight excluding hydrogens is 721 g/mol. The van der Waals surface area contributed by atoms with Crippen LogP contribution in [0, 0.1) is 0 Å². The third-order valence-corrected chi connectivity index (χ3v) is 9.43. The summed E-state index contributed by atoms with van der Waals surface area (Å²) in [5.41, 5.74) is 0. The lowest BCUT2D eigenvalue weighted by molar-refractivity contribution is -0.167. The number of allylic oxidation sites excluding steroid dienone is 16. The van der Waals surface area contributed by atoms with Crippen molar-refractivity contribution >= 4 is 17.9 Å². The third kappa shape index (κ3) is 43.5. The van der Waals surface area contributed by atoms with E-state index in [1.54, 1.807) is 0 Å². The second-order valence-electron chi connectivity index (χ2n) is 15.0. The first-order valence-electron chi connectivity index (χ1n) is 23.3. The highest BCUT2D eigenvalue weighted by Crippen LogP contribution is 2.13. The van der Waals surface area contributed by atoms with Gasteiger partial charge in [0.05, 0.1) is 0 Å². The minimum atomic E-state index is -0.808. The molecule has 0 saturated carbocycles. The Balaban J connectivity index is 4.51. The molecule has 0 aromatic heterocycles. The van der Waals surface area contributed by atoms with Crippen LogP contribution in [0.4, 0.5) is 0 Å². The molecule has 1 unspecified atom stereocenters. The van der Waals surface area contributed by atoms with Crippen LogP contribution in [0.25, 0.3) is 0 Å². The van der Waals surface area contributed by atoms with Crippen LogP contribution >= 0.6 is 0 Å². The van der Waals surface area contributed by atoms with Crippen molar-refractivity contribution < 1.29 is 28.6 Å². The van der Waals surface area contributed by atoms with Gasteiger partial charge in [-0.15, -0.1) is 0 Å². The van der Waals surface area contributed by atoms with E-state index < -0.39 is 6.10 Å². The number of unbranched alkanes of at least 4 members (excludes halogenated alkanes) is 16. The van der Waals surface area contributed by atoms with Crippen molar-refractivity contribution in [3.05, 3.63) is 97.2 Å². The van der Waals surface area contributed by atoms with Gasteiger partial charge in [-0.2, -0.15) is 0 Å². The van der Waals surface area contributed by atoms with Crippen LogP contribution in [0.1, 0.15) is 194 Å². The molecule has 0 N–H and O–H groups in total. The molecule has 0 aliphatic rings. The van der Waals surface area contributed by atoms with Gasteiger partial charge in [0.2, 0.25) is 0 Å². The van der Waals surface area contributed by atoms with Crippen molar-refractivity contribution in [3.8, 4) is 0 Å². The smallest absolute Gasteiger partial charge is 0.306 e. The Hall–Kier alpha value is -3.67. The van der Waals surface area contributed by atoms with E-state index in [9.17, 15) is 14.4 Å². The second kappa shape index (κ2) is 46.0. The maximum Gasteiger partial charge on any atom is 0.306 e. The number of carbonyl (C=O) groups excluding carboxylic acids is 3. The Morgan fingerprint density at radius 3 is 1.26 bits per heavy atom. The van der Waals surface area contributed by atoms with E-state index in [0.717, 1.165) is 96.3 Å². The molecule has 0 radical (unpaired) electrons. The average molecular weight is 805 g/mol. The van der Waals surface area contributed by atoms with E-state index in [-0.39, 0.29) is 37.5 Å². The van der Waals surface area contributed by atoms with Crippen molar-refractivity contribution in [2.45, 2.75) is 200 Å². The lowest BCUT2D eigenvalue weighted by Crippen LogP contribution is -2.30. The van der Waals surface area contributed by atoms with Gasteiger partial charge in [0.1, 0.15) is 13.2 Å². The summed E-state index contributed by atoms with van der Waals surface area (Å²) in [6.45, 7) is 6.29. The zero-order chi connectivity index (χ0) is 42.3. The molecule has 0 aliphatic heterocycles. The maximum atomic E-state index is 12.7. The molecule has 0 aromatic rings. The predicted octanol–water partition coefficient (Wildman–Crippen LogP) is 15.0.